The number of nitrogens with one attached hydrogen (secondary N) is 2. The van der Waals surface area contributed by atoms with Gasteiger partial charge in [0.15, 0.2) is 11.8 Å². The Balaban J connectivity index is 1.12. The largest absolute Gasteiger partial charge is 0.370 e. The summed E-state index contributed by atoms with van der Waals surface area (Å²) in [6, 6.07) is 17.8. The van der Waals surface area contributed by atoms with Crippen LogP contribution in [0.25, 0.3) is 11.0 Å². The number of hydrogen-bond donors (Lipinski definition) is 3. The first-order valence-electron chi connectivity index (χ1n) is 16.2. The third-order valence-electron chi connectivity index (χ3n) is 9.94. The van der Waals surface area contributed by atoms with E-state index in [0.29, 0.717) is 24.8 Å². The van der Waals surface area contributed by atoms with Gasteiger partial charge in [-0.15, -0.1) is 0 Å². The Labute approximate surface area is 260 Å². The number of ketones is 1. The van der Waals surface area contributed by atoms with Crippen LogP contribution in [-0.2, 0) is 18.3 Å². The minimum absolute atomic E-state index is 0.0543. The molecule has 0 radical (unpaired) electrons. The summed E-state index contributed by atoms with van der Waals surface area (Å²) in [6.45, 7) is 5.26. The molecule has 3 aliphatic rings. The van der Waals surface area contributed by atoms with E-state index in [1.54, 1.807) is 0 Å². The lowest BCUT2D eigenvalue weighted by atomic mass is 9.89. The first-order chi connectivity index (χ1) is 21.4. The third-order valence-corrected chi connectivity index (χ3v) is 9.94. The lowest BCUT2D eigenvalue weighted by Crippen LogP contribution is -2.57. The zero-order chi connectivity index (χ0) is 30.6. The van der Waals surface area contributed by atoms with Crippen LogP contribution in [-0.4, -0.2) is 99.3 Å². The van der Waals surface area contributed by atoms with Crippen molar-refractivity contribution >= 4 is 28.7 Å². The maximum atomic E-state index is 14.1. The number of nitrogens with zero attached hydrogens (tertiary/aromatic N) is 5. The molecule has 10 heteroatoms. The number of imidazole rings is 1. The Morgan fingerprint density at radius 2 is 1.82 bits per heavy atom. The number of piperidine rings is 1. The standard InChI is InChI=1S/C34H46N8O2/c1-39-29-14-6-5-13-27(29)37-32(39)31(43)28(21-25-12-8-18-41(22-25)34(35)36)38-33(44)30-16-15-26-23-40(19-20-42(26)30)17-7-11-24-9-3-2-4-10-24/h2-6,9-10,13-14,25-26,28,30H,7-8,11-12,15-23H2,1H3,(H3,35,36)(H,38,44). The molecular formula is C34H46N8O2. The van der Waals surface area contributed by atoms with Gasteiger partial charge in [0.2, 0.25) is 11.7 Å². The van der Waals surface area contributed by atoms with Crippen LogP contribution in [0.5, 0.6) is 0 Å². The molecule has 0 saturated carbocycles. The van der Waals surface area contributed by atoms with Crippen LogP contribution in [0.1, 0.15) is 54.7 Å². The zero-order valence-electron chi connectivity index (χ0n) is 25.8. The van der Waals surface area contributed by atoms with Crippen molar-refractivity contribution in [2.24, 2.45) is 18.7 Å². The van der Waals surface area contributed by atoms with E-state index in [1.807, 2.05) is 40.8 Å². The molecule has 0 aliphatic carbocycles. The number of nitrogens with two attached hydrogens (primary N) is 1. The van der Waals surface area contributed by atoms with Crippen molar-refractivity contribution in [3.63, 3.8) is 0 Å². The average Bonchev–Trinajstić information content (AvgIpc) is 3.62. The number of hydrogen-bond acceptors (Lipinski definition) is 6. The smallest absolute Gasteiger partial charge is 0.237 e. The van der Waals surface area contributed by atoms with Crippen LogP contribution in [0.15, 0.2) is 54.6 Å². The molecule has 3 fully saturated rings. The number of guanidine groups is 1. The average molecular weight is 599 g/mol. The van der Waals surface area contributed by atoms with E-state index in [0.717, 1.165) is 82.3 Å². The van der Waals surface area contributed by atoms with E-state index in [1.165, 1.54) is 5.56 Å². The Bertz CT molecular complexity index is 1470. The normalized spacial score (nSPS) is 23.4. The van der Waals surface area contributed by atoms with Crippen LogP contribution in [0.3, 0.4) is 0 Å². The molecule has 3 saturated heterocycles. The maximum absolute atomic E-state index is 14.1. The van der Waals surface area contributed by atoms with Gasteiger partial charge in [-0.1, -0.05) is 42.5 Å². The third kappa shape index (κ3) is 6.66. The molecule has 1 aromatic heterocycles. The van der Waals surface area contributed by atoms with Gasteiger partial charge in [-0.2, -0.15) is 0 Å². The number of piperazine rings is 1. The number of aryl methyl sites for hydroxylation is 2. The Morgan fingerprint density at radius 1 is 1.02 bits per heavy atom. The first kappa shape index (κ1) is 30.3. The highest BCUT2D eigenvalue weighted by Gasteiger charge is 2.42. The summed E-state index contributed by atoms with van der Waals surface area (Å²) in [4.78, 5) is 39.5. The van der Waals surface area contributed by atoms with Gasteiger partial charge >= 0.3 is 0 Å². The molecule has 4 heterocycles. The predicted octanol–water partition coefficient (Wildman–Crippen LogP) is 3.02. The van der Waals surface area contributed by atoms with Crippen molar-refractivity contribution in [2.75, 3.05) is 39.3 Å². The number of likely N-dealkylation sites (tertiary alicyclic amines) is 1. The first-order valence-corrected chi connectivity index (χ1v) is 16.2. The molecule has 0 bridgehead atoms. The van der Waals surface area contributed by atoms with Crippen LogP contribution >= 0.6 is 0 Å². The van der Waals surface area contributed by atoms with Gasteiger partial charge in [0.1, 0.15) is 0 Å². The van der Waals surface area contributed by atoms with Crippen LogP contribution in [0, 0.1) is 11.3 Å². The molecule has 234 valence electrons. The van der Waals surface area contributed by atoms with E-state index < -0.39 is 6.04 Å². The number of rotatable bonds is 10. The van der Waals surface area contributed by atoms with Crippen LogP contribution in [0.2, 0.25) is 0 Å². The highest BCUT2D eigenvalue weighted by molar-refractivity contribution is 6.02. The van der Waals surface area contributed by atoms with Crippen molar-refractivity contribution in [1.29, 1.82) is 5.41 Å². The summed E-state index contributed by atoms with van der Waals surface area (Å²) in [5, 5.41) is 11.1. The number of aromatic nitrogens is 2. The van der Waals surface area contributed by atoms with E-state index in [4.69, 9.17) is 11.1 Å². The second-order valence-corrected chi connectivity index (χ2v) is 12.9. The molecule has 1 amide bonds. The van der Waals surface area contributed by atoms with Crippen molar-refractivity contribution in [3.05, 3.63) is 66.0 Å². The minimum Gasteiger partial charge on any atom is -0.370 e. The summed E-state index contributed by atoms with van der Waals surface area (Å²) < 4.78 is 1.84. The fourth-order valence-electron chi connectivity index (χ4n) is 7.58. The van der Waals surface area contributed by atoms with Gasteiger partial charge in [0.25, 0.3) is 0 Å². The molecule has 3 aromatic rings. The van der Waals surface area contributed by atoms with Gasteiger partial charge in [0.05, 0.1) is 23.1 Å². The molecule has 3 aliphatic heterocycles. The second-order valence-electron chi connectivity index (χ2n) is 12.9. The van der Waals surface area contributed by atoms with E-state index in [2.05, 4.69) is 50.4 Å². The van der Waals surface area contributed by atoms with E-state index >= 15 is 0 Å². The molecule has 6 rings (SSSR count). The Hall–Kier alpha value is -3.76. The van der Waals surface area contributed by atoms with E-state index in [-0.39, 0.29) is 29.6 Å². The zero-order valence-corrected chi connectivity index (χ0v) is 25.8. The molecule has 4 atom stereocenters. The molecule has 0 spiro atoms. The lowest BCUT2D eigenvalue weighted by Gasteiger charge is -2.40. The van der Waals surface area contributed by atoms with Gasteiger partial charge in [0, 0.05) is 45.8 Å². The number of carbonyl (C=O) groups excluding carboxylic acids is 2. The van der Waals surface area contributed by atoms with Crippen molar-refractivity contribution in [3.8, 4) is 0 Å². The fourth-order valence-corrected chi connectivity index (χ4v) is 7.58. The summed E-state index contributed by atoms with van der Waals surface area (Å²) in [6.07, 6.45) is 6.37. The van der Waals surface area contributed by atoms with Crippen LogP contribution < -0.4 is 11.1 Å². The van der Waals surface area contributed by atoms with Gasteiger partial charge < -0.3 is 25.4 Å². The van der Waals surface area contributed by atoms with Crippen molar-refractivity contribution < 1.29 is 9.59 Å². The highest BCUT2D eigenvalue weighted by atomic mass is 16.2. The van der Waals surface area contributed by atoms with Crippen molar-refractivity contribution in [2.45, 2.75) is 63.1 Å². The molecular weight excluding hydrogens is 552 g/mol. The number of carbonyl (C=O) groups is 2. The molecule has 4 N–H and O–H groups in total. The molecule has 2 aromatic carbocycles. The van der Waals surface area contributed by atoms with Gasteiger partial charge in [-0.05, 0) is 75.1 Å². The Kier molecular flexibility index (Phi) is 9.28. The molecule has 44 heavy (non-hydrogen) atoms. The number of benzene rings is 2. The monoisotopic (exact) mass is 598 g/mol. The number of para-hydroxylation sites is 2. The number of amides is 1. The summed E-state index contributed by atoms with van der Waals surface area (Å²) in [7, 11) is 1.86. The quantitative estimate of drug-likeness (QED) is 0.186. The Morgan fingerprint density at radius 3 is 2.61 bits per heavy atom. The summed E-state index contributed by atoms with van der Waals surface area (Å²) >= 11 is 0. The second kappa shape index (κ2) is 13.5. The number of Topliss-reactive ketones (excluding diaryl/α,β-unsaturated/α-hetero) is 1. The van der Waals surface area contributed by atoms with Gasteiger partial charge in [-0.3, -0.25) is 19.9 Å². The highest BCUT2D eigenvalue weighted by Crippen LogP contribution is 2.29. The fraction of sp³-hybridized carbons (Fsp3) is 0.529. The number of fused-ring (bicyclic) bond motifs is 2. The topological polar surface area (TPSA) is 124 Å². The SMILES string of the molecule is Cn1c(C(=O)C(CC2CCCN(C(=N)N)C2)NC(=O)C2CCC3CN(CCCc4ccccc4)CCN32)nc2ccccc21. The van der Waals surface area contributed by atoms with E-state index in [9.17, 15) is 9.59 Å². The lowest BCUT2D eigenvalue weighted by molar-refractivity contribution is -0.127. The van der Waals surface area contributed by atoms with Crippen LogP contribution in [0.4, 0.5) is 0 Å². The van der Waals surface area contributed by atoms with Crippen molar-refractivity contribution in [1.82, 2.24) is 29.6 Å². The van der Waals surface area contributed by atoms with Gasteiger partial charge in [-0.25, -0.2) is 4.98 Å². The molecule has 4 unspecified atom stereocenters. The predicted molar refractivity (Wildman–Crippen MR) is 173 cm³/mol. The maximum Gasteiger partial charge on any atom is 0.237 e. The minimum atomic E-state index is -0.687. The summed E-state index contributed by atoms with van der Waals surface area (Å²) in [5.41, 5.74) is 8.85. The summed E-state index contributed by atoms with van der Waals surface area (Å²) in [5.74, 6) is 0.362. The molecule has 10 nitrogen and oxygen atoms in total.